The van der Waals surface area contributed by atoms with Crippen molar-refractivity contribution in [2.75, 3.05) is 46.8 Å². The van der Waals surface area contributed by atoms with Crippen molar-refractivity contribution in [1.29, 1.82) is 0 Å². The summed E-state index contributed by atoms with van der Waals surface area (Å²) in [6, 6.07) is 0.415. The van der Waals surface area contributed by atoms with Gasteiger partial charge in [0.05, 0.1) is 0 Å². The lowest BCUT2D eigenvalue weighted by atomic mass is 10.0. The minimum absolute atomic E-state index is 0.000844. The number of likely N-dealkylation sites (tertiary alicyclic amines) is 1. The number of piperidine rings is 1. The SMILES string of the molecule is C=CCNC(=NCC(=O)N(C)C)NC1CCN(CCCC)CC1. The Morgan fingerprint density at radius 3 is 2.65 bits per heavy atom. The van der Waals surface area contributed by atoms with Crippen LogP contribution in [0.15, 0.2) is 17.6 Å². The standard InChI is InChI=1S/C17H33N5O/c1-5-7-11-22-12-8-15(9-13-22)20-17(18-10-6-2)19-14-16(23)21(3)4/h6,15H,2,5,7-14H2,1,3-4H3,(H2,18,19,20). The van der Waals surface area contributed by atoms with Gasteiger partial charge in [-0.2, -0.15) is 0 Å². The Hall–Kier alpha value is -1.56. The highest BCUT2D eigenvalue weighted by Gasteiger charge is 2.19. The van der Waals surface area contributed by atoms with Gasteiger partial charge in [-0.3, -0.25) is 4.79 Å². The largest absolute Gasteiger partial charge is 0.354 e. The van der Waals surface area contributed by atoms with Gasteiger partial charge in [-0.1, -0.05) is 19.4 Å². The van der Waals surface area contributed by atoms with Gasteiger partial charge in [0, 0.05) is 39.8 Å². The summed E-state index contributed by atoms with van der Waals surface area (Å²) in [5.41, 5.74) is 0. The van der Waals surface area contributed by atoms with Gasteiger partial charge in [-0.05, 0) is 25.8 Å². The number of rotatable bonds is 8. The fourth-order valence-corrected chi connectivity index (χ4v) is 2.49. The molecule has 0 saturated carbocycles. The van der Waals surface area contributed by atoms with E-state index in [0.29, 0.717) is 18.5 Å². The number of unbranched alkanes of at least 4 members (excludes halogenated alkanes) is 1. The third-order valence-corrected chi connectivity index (χ3v) is 4.04. The Bertz CT molecular complexity index is 386. The van der Waals surface area contributed by atoms with Crippen LogP contribution >= 0.6 is 0 Å². The van der Waals surface area contributed by atoms with Crippen LogP contribution in [-0.4, -0.2) is 74.5 Å². The van der Waals surface area contributed by atoms with E-state index in [2.05, 4.69) is 34.0 Å². The summed E-state index contributed by atoms with van der Waals surface area (Å²) in [4.78, 5) is 20.2. The topological polar surface area (TPSA) is 60.0 Å². The molecule has 1 saturated heterocycles. The third-order valence-electron chi connectivity index (χ3n) is 4.04. The first-order valence-electron chi connectivity index (χ1n) is 8.65. The monoisotopic (exact) mass is 323 g/mol. The van der Waals surface area contributed by atoms with E-state index in [9.17, 15) is 4.79 Å². The van der Waals surface area contributed by atoms with Crippen LogP contribution in [-0.2, 0) is 4.79 Å². The number of hydrogen-bond acceptors (Lipinski definition) is 3. The molecule has 6 heteroatoms. The summed E-state index contributed by atoms with van der Waals surface area (Å²) in [7, 11) is 3.49. The molecule has 2 N–H and O–H groups in total. The molecular formula is C17H33N5O. The molecule has 1 rings (SSSR count). The van der Waals surface area contributed by atoms with Gasteiger partial charge >= 0.3 is 0 Å². The summed E-state index contributed by atoms with van der Waals surface area (Å²) in [6.07, 6.45) is 6.54. The zero-order valence-corrected chi connectivity index (χ0v) is 15.0. The van der Waals surface area contributed by atoms with Gasteiger partial charge in [-0.15, -0.1) is 6.58 Å². The third kappa shape index (κ3) is 8.02. The van der Waals surface area contributed by atoms with E-state index in [0.717, 1.165) is 25.9 Å². The minimum atomic E-state index is -0.000844. The number of aliphatic imine (C=N–C) groups is 1. The molecule has 0 atom stereocenters. The number of carbonyl (C=O) groups excluding carboxylic acids is 1. The fraction of sp³-hybridized carbons (Fsp3) is 0.765. The number of guanidine groups is 1. The zero-order chi connectivity index (χ0) is 17.1. The zero-order valence-electron chi connectivity index (χ0n) is 15.0. The highest BCUT2D eigenvalue weighted by molar-refractivity contribution is 5.85. The molecule has 1 amide bonds. The molecule has 0 aromatic heterocycles. The number of hydrogen-bond donors (Lipinski definition) is 2. The van der Waals surface area contributed by atoms with Crippen molar-refractivity contribution in [3.05, 3.63) is 12.7 Å². The summed E-state index contributed by atoms with van der Waals surface area (Å²) in [5.74, 6) is 0.700. The molecule has 0 radical (unpaired) electrons. The molecule has 23 heavy (non-hydrogen) atoms. The molecule has 0 aromatic rings. The summed E-state index contributed by atoms with van der Waals surface area (Å²) in [6.45, 7) is 10.2. The second-order valence-electron chi connectivity index (χ2n) is 6.24. The maximum atomic E-state index is 11.7. The molecule has 1 heterocycles. The molecule has 132 valence electrons. The number of nitrogens with zero attached hydrogens (tertiary/aromatic N) is 3. The molecule has 0 unspecified atom stereocenters. The van der Waals surface area contributed by atoms with Crippen molar-refractivity contribution in [1.82, 2.24) is 20.4 Å². The van der Waals surface area contributed by atoms with Crippen LogP contribution in [0.5, 0.6) is 0 Å². The number of nitrogens with one attached hydrogen (secondary N) is 2. The van der Waals surface area contributed by atoms with Gasteiger partial charge in [0.15, 0.2) is 5.96 Å². The van der Waals surface area contributed by atoms with Crippen LogP contribution in [0.2, 0.25) is 0 Å². The molecule has 0 aliphatic carbocycles. The van der Waals surface area contributed by atoms with Crippen LogP contribution in [0.3, 0.4) is 0 Å². The van der Waals surface area contributed by atoms with E-state index in [1.54, 1.807) is 25.1 Å². The predicted molar refractivity (Wildman–Crippen MR) is 96.7 cm³/mol. The molecule has 1 aliphatic heterocycles. The lowest BCUT2D eigenvalue weighted by Gasteiger charge is -2.33. The van der Waals surface area contributed by atoms with E-state index in [4.69, 9.17) is 0 Å². The second kappa shape index (κ2) is 11.0. The summed E-state index contributed by atoms with van der Waals surface area (Å²) >= 11 is 0. The predicted octanol–water partition coefficient (Wildman–Crippen LogP) is 1.06. The van der Waals surface area contributed by atoms with Gasteiger partial charge in [0.1, 0.15) is 6.54 Å². The van der Waals surface area contributed by atoms with E-state index < -0.39 is 0 Å². The lowest BCUT2D eigenvalue weighted by Crippen LogP contribution is -2.49. The smallest absolute Gasteiger partial charge is 0.243 e. The average molecular weight is 323 g/mol. The summed E-state index contributed by atoms with van der Waals surface area (Å²) in [5, 5.41) is 6.65. The fourth-order valence-electron chi connectivity index (χ4n) is 2.49. The Kier molecular flexibility index (Phi) is 9.36. The van der Waals surface area contributed by atoms with Crippen LogP contribution in [0, 0.1) is 0 Å². The van der Waals surface area contributed by atoms with Crippen molar-refractivity contribution in [3.63, 3.8) is 0 Å². The van der Waals surface area contributed by atoms with Gasteiger partial charge in [0.25, 0.3) is 0 Å². The maximum Gasteiger partial charge on any atom is 0.243 e. The number of carbonyl (C=O) groups is 1. The molecule has 1 fully saturated rings. The van der Waals surface area contributed by atoms with Gasteiger partial charge in [0.2, 0.25) is 5.91 Å². The minimum Gasteiger partial charge on any atom is -0.354 e. The van der Waals surface area contributed by atoms with Crippen molar-refractivity contribution in [2.45, 2.75) is 38.6 Å². The van der Waals surface area contributed by atoms with Crippen molar-refractivity contribution in [3.8, 4) is 0 Å². The van der Waals surface area contributed by atoms with E-state index in [1.807, 2.05) is 0 Å². The number of likely N-dealkylation sites (N-methyl/N-ethyl adjacent to an activating group) is 1. The average Bonchev–Trinajstić information content (AvgIpc) is 2.56. The van der Waals surface area contributed by atoms with Crippen LogP contribution in [0.25, 0.3) is 0 Å². The Labute approximate surface area is 141 Å². The molecule has 6 nitrogen and oxygen atoms in total. The maximum absolute atomic E-state index is 11.7. The normalized spacial score (nSPS) is 16.9. The molecule has 0 aromatic carbocycles. The van der Waals surface area contributed by atoms with E-state index >= 15 is 0 Å². The molecule has 0 spiro atoms. The van der Waals surface area contributed by atoms with E-state index in [1.165, 1.54) is 19.4 Å². The van der Waals surface area contributed by atoms with Crippen molar-refractivity contribution in [2.24, 2.45) is 4.99 Å². The lowest BCUT2D eigenvalue weighted by molar-refractivity contribution is -0.127. The molecule has 0 bridgehead atoms. The second-order valence-corrected chi connectivity index (χ2v) is 6.24. The van der Waals surface area contributed by atoms with E-state index in [-0.39, 0.29) is 12.5 Å². The Morgan fingerprint density at radius 1 is 1.39 bits per heavy atom. The van der Waals surface area contributed by atoms with Gasteiger partial charge in [-0.25, -0.2) is 4.99 Å². The molecule has 1 aliphatic rings. The highest BCUT2D eigenvalue weighted by atomic mass is 16.2. The number of amides is 1. The molecular weight excluding hydrogens is 290 g/mol. The highest BCUT2D eigenvalue weighted by Crippen LogP contribution is 2.11. The Balaban J connectivity index is 2.46. The first-order valence-corrected chi connectivity index (χ1v) is 8.65. The van der Waals surface area contributed by atoms with Crippen LogP contribution in [0.1, 0.15) is 32.6 Å². The van der Waals surface area contributed by atoms with Crippen LogP contribution < -0.4 is 10.6 Å². The van der Waals surface area contributed by atoms with Crippen LogP contribution in [0.4, 0.5) is 0 Å². The first kappa shape index (κ1) is 19.5. The first-order chi connectivity index (χ1) is 11.1. The van der Waals surface area contributed by atoms with Crippen molar-refractivity contribution < 1.29 is 4.79 Å². The Morgan fingerprint density at radius 2 is 2.09 bits per heavy atom. The summed E-state index contributed by atoms with van der Waals surface area (Å²) < 4.78 is 0. The van der Waals surface area contributed by atoms with Crippen molar-refractivity contribution >= 4 is 11.9 Å². The quantitative estimate of drug-likeness (QED) is 0.398. The van der Waals surface area contributed by atoms with Gasteiger partial charge < -0.3 is 20.4 Å².